The van der Waals surface area contributed by atoms with Crippen LogP contribution in [0.25, 0.3) is 0 Å². The molecule has 14 heteroatoms. The van der Waals surface area contributed by atoms with Gasteiger partial charge in [0.25, 0.3) is 11.8 Å². The number of hydrogen-bond donors (Lipinski definition) is 3. The molecule has 0 aliphatic carbocycles. The SMILES string of the molecule is CCN(Cl)c1c[nH]c(C(=O)[N+](C)(c2c[nH]c(C(=O)N(C)c3c[nH]c(C(=O)N(C)CCCN(C)C)c3)c2)N(Cl)CC)c1. The number of hydrogen-bond acceptors (Lipinski definition) is 6. The minimum Gasteiger partial charge on any atom is -0.355 e. The summed E-state index contributed by atoms with van der Waals surface area (Å²) < 4.78 is 2.40. The van der Waals surface area contributed by atoms with Gasteiger partial charge >= 0.3 is 5.91 Å². The molecule has 3 aromatic heterocycles. The highest BCUT2D eigenvalue weighted by Gasteiger charge is 2.43. The summed E-state index contributed by atoms with van der Waals surface area (Å²) in [6, 6.07) is 4.91. The normalized spacial score (nSPS) is 13.0. The Morgan fingerprint density at radius 2 is 1.37 bits per heavy atom. The fourth-order valence-corrected chi connectivity index (χ4v) is 4.63. The molecule has 0 aliphatic rings. The van der Waals surface area contributed by atoms with Crippen LogP contribution in [-0.2, 0) is 0 Å². The number of carbonyl (C=O) groups excluding carboxylic acids is 3. The molecular formula is C27H40Cl2N9O3+. The highest BCUT2D eigenvalue weighted by molar-refractivity contribution is 6.25. The first-order valence-electron chi connectivity index (χ1n) is 13.4. The van der Waals surface area contributed by atoms with Gasteiger partial charge in [0.15, 0.2) is 5.69 Å². The standard InChI is InChI=1S/C27H39Cl2N9O3/c1-8-36(28)20-14-24(31-17-20)27(41)38(7,37(29)9-2)21-15-23(32-18-21)26(40)35(6)19-13-22(30-16-19)25(39)34(5)12-10-11-33(3)4/h13-18H,8-12H2,1-7H3,(H2-,30,31,32,39,40,41)/p+1. The molecule has 0 fully saturated rings. The molecule has 0 aliphatic heterocycles. The Labute approximate surface area is 251 Å². The predicted octanol–water partition coefficient (Wildman–Crippen LogP) is 4.12. The van der Waals surface area contributed by atoms with E-state index in [1.54, 1.807) is 62.8 Å². The van der Waals surface area contributed by atoms with Crippen molar-refractivity contribution in [1.82, 2.24) is 33.9 Å². The number of amides is 3. The molecule has 3 aromatic rings. The van der Waals surface area contributed by atoms with Gasteiger partial charge in [-0.3, -0.25) is 14.0 Å². The Bertz CT molecular complexity index is 1350. The molecule has 0 saturated carbocycles. The third kappa shape index (κ3) is 6.96. The van der Waals surface area contributed by atoms with Gasteiger partial charge in [0, 0.05) is 69.2 Å². The minimum atomic E-state index is -0.442. The van der Waals surface area contributed by atoms with Gasteiger partial charge in [-0.15, -0.1) is 4.59 Å². The quantitative estimate of drug-likeness (QED) is 0.153. The number of quaternary nitrogens is 1. The highest BCUT2D eigenvalue weighted by Crippen LogP contribution is 2.31. The zero-order valence-corrected chi connectivity index (χ0v) is 26.2. The Morgan fingerprint density at radius 3 is 2.00 bits per heavy atom. The average molecular weight is 610 g/mol. The fraction of sp³-hybridized carbons (Fsp3) is 0.444. The second kappa shape index (κ2) is 13.6. The van der Waals surface area contributed by atoms with E-state index in [2.05, 4.69) is 19.9 Å². The van der Waals surface area contributed by atoms with Gasteiger partial charge in [0.2, 0.25) is 0 Å². The number of carbonyl (C=O) groups is 3. The summed E-state index contributed by atoms with van der Waals surface area (Å²) >= 11 is 12.8. The number of H-pyrrole nitrogens is 3. The summed E-state index contributed by atoms with van der Waals surface area (Å²) in [5, 5.41) is 0. The van der Waals surface area contributed by atoms with E-state index in [4.69, 9.17) is 23.6 Å². The summed E-state index contributed by atoms with van der Waals surface area (Å²) in [6.07, 6.45) is 5.70. The van der Waals surface area contributed by atoms with E-state index in [1.807, 2.05) is 27.9 Å². The van der Waals surface area contributed by atoms with E-state index in [1.165, 1.54) is 13.8 Å². The van der Waals surface area contributed by atoms with Gasteiger partial charge in [-0.1, -0.05) is 4.53 Å². The van der Waals surface area contributed by atoms with Crippen molar-refractivity contribution in [1.29, 1.82) is 0 Å². The zero-order chi connectivity index (χ0) is 30.5. The van der Waals surface area contributed by atoms with Crippen LogP contribution in [0.15, 0.2) is 36.8 Å². The number of aromatic nitrogens is 3. The van der Waals surface area contributed by atoms with E-state index in [-0.39, 0.29) is 23.4 Å². The van der Waals surface area contributed by atoms with Crippen molar-refractivity contribution in [2.75, 3.05) is 70.7 Å². The Hall–Kier alpha value is -3.29. The molecule has 0 bridgehead atoms. The fourth-order valence-electron chi connectivity index (χ4n) is 4.37. The lowest BCUT2D eigenvalue weighted by molar-refractivity contribution is 0.0503. The maximum absolute atomic E-state index is 13.7. The summed E-state index contributed by atoms with van der Waals surface area (Å²) in [5.74, 6) is -0.854. The monoisotopic (exact) mass is 608 g/mol. The third-order valence-electron chi connectivity index (χ3n) is 6.98. The van der Waals surface area contributed by atoms with Crippen LogP contribution in [0, 0.1) is 0 Å². The maximum Gasteiger partial charge on any atom is 0.387 e. The predicted molar refractivity (Wildman–Crippen MR) is 164 cm³/mol. The smallest absolute Gasteiger partial charge is 0.355 e. The topological polar surface area (TPSA) is 115 Å². The number of aromatic amines is 3. The van der Waals surface area contributed by atoms with Crippen molar-refractivity contribution >= 4 is 58.3 Å². The van der Waals surface area contributed by atoms with E-state index in [9.17, 15) is 14.4 Å². The molecule has 1 atom stereocenters. The van der Waals surface area contributed by atoms with Gasteiger partial charge in [-0.2, -0.15) is 0 Å². The van der Waals surface area contributed by atoms with Crippen molar-refractivity contribution in [3.63, 3.8) is 0 Å². The number of nitrogens with zero attached hydrogens (tertiary/aromatic N) is 6. The molecular weight excluding hydrogens is 569 g/mol. The molecule has 41 heavy (non-hydrogen) atoms. The first-order chi connectivity index (χ1) is 19.3. The second-order valence-electron chi connectivity index (χ2n) is 10.2. The maximum atomic E-state index is 13.7. The van der Waals surface area contributed by atoms with Crippen molar-refractivity contribution in [3.05, 3.63) is 53.9 Å². The molecule has 12 nitrogen and oxygen atoms in total. The van der Waals surface area contributed by atoms with Gasteiger partial charge < -0.3 is 29.7 Å². The van der Waals surface area contributed by atoms with Crippen LogP contribution in [-0.4, -0.2) is 108 Å². The summed E-state index contributed by atoms with van der Waals surface area (Å²) in [4.78, 5) is 54.1. The van der Waals surface area contributed by atoms with Crippen molar-refractivity contribution in [2.24, 2.45) is 0 Å². The zero-order valence-electron chi connectivity index (χ0n) is 24.7. The van der Waals surface area contributed by atoms with Crippen LogP contribution in [0.1, 0.15) is 51.7 Å². The summed E-state index contributed by atoms with van der Waals surface area (Å²) in [6.45, 7) is 6.10. The molecule has 0 saturated heterocycles. The second-order valence-corrected chi connectivity index (χ2v) is 11.0. The van der Waals surface area contributed by atoms with Crippen molar-refractivity contribution in [2.45, 2.75) is 20.3 Å². The molecule has 3 amide bonds. The van der Waals surface area contributed by atoms with Crippen LogP contribution in [0.4, 0.5) is 17.1 Å². The molecule has 3 N–H and O–H groups in total. The number of anilines is 2. The van der Waals surface area contributed by atoms with Crippen LogP contribution >= 0.6 is 23.6 Å². The van der Waals surface area contributed by atoms with Gasteiger partial charge in [-0.25, -0.2) is 4.79 Å². The lowest BCUT2D eigenvalue weighted by Crippen LogP contribution is -2.58. The molecule has 3 rings (SSSR count). The lowest BCUT2D eigenvalue weighted by atomic mass is 10.2. The average Bonchev–Trinajstić information content (AvgIpc) is 3.75. The lowest BCUT2D eigenvalue weighted by Gasteiger charge is -2.33. The van der Waals surface area contributed by atoms with Gasteiger partial charge in [0.1, 0.15) is 24.1 Å². The van der Waals surface area contributed by atoms with Crippen molar-refractivity contribution < 1.29 is 14.4 Å². The van der Waals surface area contributed by atoms with E-state index < -0.39 is 4.59 Å². The van der Waals surface area contributed by atoms with E-state index >= 15 is 0 Å². The van der Waals surface area contributed by atoms with E-state index in [0.717, 1.165) is 13.0 Å². The first kappa shape index (κ1) is 32.2. The largest absolute Gasteiger partial charge is 0.387 e. The first-order valence-corrected chi connectivity index (χ1v) is 14.0. The Kier molecular flexibility index (Phi) is 10.7. The molecule has 3 heterocycles. The summed E-state index contributed by atoms with van der Waals surface area (Å²) in [5.41, 5.74) is 2.58. The number of nitrogens with one attached hydrogen (secondary N) is 3. The molecule has 1 unspecified atom stereocenters. The summed E-state index contributed by atoms with van der Waals surface area (Å²) in [7, 11) is 9.00. The van der Waals surface area contributed by atoms with E-state index in [0.29, 0.717) is 48.1 Å². The molecule has 0 spiro atoms. The van der Waals surface area contributed by atoms with Crippen LogP contribution in [0.5, 0.6) is 0 Å². The minimum absolute atomic E-state index is 0.157. The van der Waals surface area contributed by atoms with Gasteiger partial charge in [0.05, 0.1) is 24.1 Å². The van der Waals surface area contributed by atoms with Crippen molar-refractivity contribution in [3.8, 4) is 0 Å². The molecule has 224 valence electrons. The van der Waals surface area contributed by atoms with Crippen LogP contribution in [0.2, 0.25) is 0 Å². The Balaban J connectivity index is 1.80. The number of rotatable bonds is 13. The highest BCUT2D eigenvalue weighted by atomic mass is 35.5. The molecule has 0 aromatic carbocycles. The number of halogens is 2. The Morgan fingerprint density at radius 1 is 0.780 bits per heavy atom. The van der Waals surface area contributed by atoms with Crippen LogP contribution < -0.4 is 13.9 Å². The third-order valence-corrected chi connectivity index (χ3v) is 7.96. The van der Waals surface area contributed by atoms with Crippen LogP contribution in [0.3, 0.4) is 0 Å². The molecule has 0 radical (unpaired) electrons. The van der Waals surface area contributed by atoms with Gasteiger partial charge in [-0.05, 0) is 53.0 Å².